The predicted octanol–water partition coefficient (Wildman–Crippen LogP) is 3.02. The quantitative estimate of drug-likeness (QED) is 0.697. The molecule has 1 N–H and O–H groups in total. The summed E-state index contributed by atoms with van der Waals surface area (Å²) in [5, 5.41) is 4.57. The van der Waals surface area contributed by atoms with Gasteiger partial charge in [0.2, 0.25) is 0 Å². The molecule has 0 amide bonds. The fourth-order valence-electron chi connectivity index (χ4n) is 1.42. The first-order chi connectivity index (χ1) is 9.49. The van der Waals surface area contributed by atoms with Gasteiger partial charge in [-0.1, -0.05) is 0 Å². The third-order valence-corrected chi connectivity index (χ3v) is 3.15. The van der Waals surface area contributed by atoms with Crippen LogP contribution < -0.4 is 5.32 Å². The Morgan fingerprint density at radius 2 is 2.00 bits per heavy atom. The van der Waals surface area contributed by atoms with Crippen molar-refractivity contribution in [3.8, 4) is 0 Å². The molecule has 0 radical (unpaired) electrons. The monoisotopic (exact) mass is 302 g/mol. The van der Waals surface area contributed by atoms with Crippen molar-refractivity contribution in [2.24, 2.45) is 0 Å². The van der Waals surface area contributed by atoms with Gasteiger partial charge < -0.3 is 10.1 Å². The molecule has 0 aliphatic rings. The number of carbonyl (C=O) groups excluding carboxylic acids is 1. The highest BCUT2D eigenvalue weighted by Gasteiger charge is 2.12. The second-order valence-electron chi connectivity index (χ2n) is 3.78. The lowest BCUT2D eigenvalue weighted by atomic mass is 10.3. The Morgan fingerprint density at radius 1 is 1.35 bits per heavy atom. The zero-order chi connectivity index (χ0) is 14.7. The zero-order valence-electron chi connectivity index (χ0n) is 10.2. The molecule has 0 aliphatic heterocycles. The van der Waals surface area contributed by atoms with Crippen molar-refractivity contribution < 1.29 is 22.7 Å². The number of aromatic nitrogens is 1. The Labute approximate surface area is 116 Å². The molecule has 0 aliphatic carbocycles. The van der Waals surface area contributed by atoms with E-state index in [9.17, 15) is 18.0 Å². The van der Waals surface area contributed by atoms with Crippen molar-refractivity contribution in [1.82, 2.24) is 4.98 Å². The Bertz CT molecular complexity index is 622. The predicted molar refractivity (Wildman–Crippen MR) is 67.4 cm³/mol. The van der Waals surface area contributed by atoms with Crippen molar-refractivity contribution in [2.75, 3.05) is 12.4 Å². The molecule has 106 valence electrons. The fraction of sp³-hybridized carbons (Fsp3) is 0.167. The minimum Gasteiger partial charge on any atom is -0.469 e. The van der Waals surface area contributed by atoms with Gasteiger partial charge in [0.25, 0.3) is 0 Å². The highest BCUT2D eigenvalue weighted by Crippen LogP contribution is 2.24. The summed E-state index contributed by atoms with van der Waals surface area (Å²) >= 11 is 1.14. The number of hydrogen-bond acceptors (Lipinski definition) is 5. The van der Waals surface area contributed by atoms with Crippen LogP contribution in [0.1, 0.15) is 5.69 Å². The van der Waals surface area contributed by atoms with Crippen LogP contribution in [-0.2, 0) is 16.0 Å². The minimum absolute atomic E-state index is 0.000814. The van der Waals surface area contributed by atoms with Gasteiger partial charge in [0.05, 0.1) is 19.2 Å². The highest BCUT2D eigenvalue weighted by molar-refractivity contribution is 7.13. The molecule has 2 rings (SSSR count). The van der Waals surface area contributed by atoms with E-state index in [-0.39, 0.29) is 12.1 Å². The van der Waals surface area contributed by atoms with Crippen LogP contribution in [0.25, 0.3) is 0 Å². The first kappa shape index (κ1) is 14.3. The molecule has 0 spiro atoms. The third-order valence-electron chi connectivity index (χ3n) is 2.34. The Morgan fingerprint density at radius 3 is 2.60 bits per heavy atom. The first-order valence-electron chi connectivity index (χ1n) is 5.42. The topological polar surface area (TPSA) is 51.2 Å². The summed E-state index contributed by atoms with van der Waals surface area (Å²) < 4.78 is 43.3. The molecule has 0 fully saturated rings. The van der Waals surface area contributed by atoms with E-state index in [1.807, 2.05) is 0 Å². The van der Waals surface area contributed by atoms with E-state index in [0.717, 1.165) is 23.5 Å². The maximum Gasteiger partial charge on any atom is 0.311 e. The van der Waals surface area contributed by atoms with Crippen LogP contribution in [0.5, 0.6) is 0 Å². The number of methoxy groups -OCH3 is 1. The summed E-state index contributed by atoms with van der Waals surface area (Å²) in [6, 6.07) is 1.64. The number of ether oxygens (including phenoxy) is 1. The van der Waals surface area contributed by atoms with Gasteiger partial charge in [0.15, 0.2) is 22.6 Å². The van der Waals surface area contributed by atoms with Crippen LogP contribution in [0.2, 0.25) is 0 Å². The molecular weight excluding hydrogens is 293 g/mol. The summed E-state index contributed by atoms with van der Waals surface area (Å²) in [5.74, 6) is -4.56. The molecule has 0 atom stereocenters. The van der Waals surface area contributed by atoms with Crippen molar-refractivity contribution in [2.45, 2.75) is 6.42 Å². The molecular formula is C12H9F3N2O2S. The molecule has 1 aromatic carbocycles. The van der Waals surface area contributed by atoms with Crippen LogP contribution in [0.15, 0.2) is 17.5 Å². The van der Waals surface area contributed by atoms with Crippen LogP contribution in [-0.4, -0.2) is 18.1 Å². The number of carbonyl (C=O) groups is 1. The summed E-state index contributed by atoms with van der Waals surface area (Å²) in [7, 11) is 1.26. The van der Waals surface area contributed by atoms with Gasteiger partial charge in [-0.25, -0.2) is 18.2 Å². The van der Waals surface area contributed by atoms with Crippen molar-refractivity contribution in [1.29, 1.82) is 0 Å². The summed E-state index contributed by atoms with van der Waals surface area (Å²) in [5.41, 5.74) is 0.493. The maximum absolute atomic E-state index is 13.0. The van der Waals surface area contributed by atoms with Crippen LogP contribution >= 0.6 is 11.3 Å². The molecule has 2 aromatic rings. The second-order valence-corrected chi connectivity index (χ2v) is 4.63. The van der Waals surface area contributed by atoms with E-state index in [1.165, 1.54) is 7.11 Å². The Kier molecular flexibility index (Phi) is 4.23. The van der Waals surface area contributed by atoms with Crippen molar-refractivity contribution in [3.05, 3.63) is 40.7 Å². The lowest BCUT2D eigenvalue weighted by Crippen LogP contribution is -2.04. The van der Waals surface area contributed by atoms with Crippen molar-refractivity contribution in [3.63, 3.8) is 0 Å². The van der Waals surface area contributed by atoms with E-state index in [2.05, 4.69) is 15.0 Å². The molecule has 0 saturated heterocycles. The molecule has 0 bridgehead atoms. The standard InChI is InChI=1S/C12H9F3N2O2S/c1-19-10(18)4-7-5-20-12(17-7)16-6-2-8(13)11(15)9(14)3-6/h2-3,5H,4H2,1H3,(H,16,17). The summed E-state index contributed by atoms with van der Waals surface area (Å²) in [6.07, 6.45) is 0.000814. The molecule has 0 unspecified atom stereocenters. The van der Waals surface area contributed by atoms with Gasteiger partial charge in [-0.15, -0.1) is 11.3 Å². The molecule has 20 heavy (non-hydrogen) atoms. The van der Waals surface area contributed by atoms with E-state index in [1.54, 1.807) is 5.38 Å². The molecule has 0 saturated carbocycles. The van der Waals surface area contributed by atoms with Gasteiger partial charge in [0.1, 0.15) is 0 Å². The van der Waals surface area contributed by atoms with E-state index in [0.29, 0.717) is 10.8 Å². The van der Waals surface area contributed by atoms with E-state index in [4.69, 9.17) is 0 Å². The van der Waals surface area contributed by atoms with Crippen LogP contribution in [0, 0.1) is 17.5 Å². The number of halogens is 3. The van der Waals surface area contributed by atoms with Gasteiger partial charge in [0, 0.05) is 23.2 Å². The number of benzene rings is 1. The number of esters is 1. The molecule has 1 aromatic heterocycles. The Balaban J connectivity index is 2.12. The van der Waals surface area contributed by atoms with Gasteiger partial charge in [-0.05, 0) is 0 Å². The SMILES string of the molecule is COC(=O)Cc1csc(Nc2cc(F)c(F)c(F)c2)n1. The zero-order valence-corrected chi connectivity index (χ0v) is 11.1. The average Bonchev–Trinajstić information content (AvgIpc) is 2.83. The number of thiazole rings is 1. The van der Waals surface area contributed by atoms with Gasteiger partial charge in [-0.2, -0.15) is 0 Å². The van der Waals surface area contributed by atoms with Crippen molar-refractivity contribution >= 4 is 28.1 Å². The Hall–Kier alpha value is -2.09. The van der Waals surface area contributed by atoms with Gasteiger partial charge >= 0.3 is 5.97 Å². The number of rotatable bonds is 4. The van der Waals surface area contributed by atoms with E-state index >= 15 is 0 Å². The normalized spacial score (nSPS) is 10.4. The molecule has 4 nitrogen and oxygen atoms in total. The van der Waals surface area contributed by atoms with Crippen LogP contribution in [0.3, 0.4) is 0 Å². The number of nitrogens with one attached hydrogen (secondary N) is 1. The first-order valence-corrected chi connectivity index (χ1v) is 6.30. The summed E-state index contributed by atoms with van der Waals surface area (Å²) in [4.78, 5) is 15.1. The third kappa shape index (κ3) is 3.27. The van der Waals surface area contributed by atoms with Gasteiger partial charge in [-0.3, -0.25) is 4.79 Å². The largest absolute Gasteiger partial charge is 0.469 e. The second kappa shape index (κ2) is 5.91. The number of hydrogen-bond donors (Lipinski definition) is 1. The van der Waals surface area contributed by atoms with E-state index < -0.39 is 23.4 Å². The smallest absolute Gasteiger partial charge is 0.311 e. The summed E-state index contributed by atoms with van der Waals surface area (Å²) in [6.45, 7) is 0. The lowest BCUT2D eigenvalue weighted by molar-refractivity contribution is -0.139. The number of anilines is 2. The average molecular weight is 302 g/mol. The minimum atomic E-state index is -1.53. The lowest BCUT2D eigenvalue weighted by Gasteiger charge is -2.03. The maximum atomic E-state index is 13.0. The fourth-order valence-corrected chi connectivity index (χ4v) is 2.15. The molecule has 1 heterocycles. The number of nitrogens with zero attached hydrogens (tertiary/aromatic N) is 1. The molecule has 8 heteroatoms. The highest BCUT2D eigenvalue weighted by atomic mass is 32.1. The van der Waals surface area contributed by atoms with Crippen LogP contribution in [0.4, 0.5) is 24.0 Å².